The van der Waals surface area contributed by atoms with Gasteiger partial charge in [-0.25, -0.2) is 0 Å². The number of fused-ring (bicyclic) bond motifs is 4. The van der Waals surface area contributed by atoms with E-state index < -0.39 is 0 Å². The van der Waals surface area contributed by atoms with Crippen LogP contribution in [-0.2, 0) is 9.59 Å². The molecule has 6 nitrogen and oxygen atoms in total. The average molecular weight is 644 g/mol. The average Bonchev–Trinajstić information content (AvgIpc) is 3.66. The van der Waals surface area contributed by atoms with Crippen molar-refractivity contribution in [3.63, 3.8) is 0 Å². The lowest BCUT2D eigenvalue weighted by Gasteiger charge is -2.57. The van der Waals surface area contributed by atoms with Gasteiger partial charge in [0.2, 0.25) is 11.8 Å². The molecular weight excluding hydrogens is 579 g/mol. The summed E-state index contributed by atoms with van der Waals surface area (Å²) in [5, 5.41) is 17.8. The summed E-state index contributed by atoms with van der Waals surface area (Å²) in [7, 11) is 1.97. The summed E-state index contributed by atoms with van der Waals surface area (Å²) in [6.45, 7) is 13.1. The number of hydrogen-bond acceptors (Lipinski definition) is 5. The number of rotatable bonds is 14. The number of unbranched alkanes of at least 4 members (excludes halogenated alkanes) is 1. The molecule has 0 aromatic heterocycles. The second-order valence-electron chi connectivity index (χ2n) is 17.0. The van der Waals surface area contributed by atoms with E-state index in [9.17, 15) is 14.8 Å². The van der Waals surface area contributed by atoms with Crippen LogP contribution in [0.1, 0.15) is 137 Å². The third-order valence-corrected chi connectivity index (χ3v) is 15.5. The first-order valence-corrected chi connectivity index (χ1v) is 19.9. The van der Waals surface area contributed by atoms with E-state index in [0.717, 1.165) is 86.1 Å². The van der Waals surface area contributed by atoms with Crippen molar-refractivity contribution in [2.45, 2.75) is 149 Å². The van der Waals surface area contributed by atoms with Gasteiger partial charge in [-0.05, 0) is 105 Å². The molecule has 256 valence electrons. The van der Waals surface area contributed by atoms with E-state index in [2.05, 4.69) is 45.1 Å². The lowest BCUT2D eigenvalue weighted by Crippen LogP contribution is -2.52. The molecule has 5 rings (SSSR count). The highest BCUT2D eigenvalue weighted by Gasteiger charge is 2.59. The molecule has 45 heavy (non-hydrogen) atoms. The van der Waals surface area contributed by atoms with Crippen LogP contribution in [0.15, 0.2) is 5.16 Å². The van der Waals surface area contributed by atoms with Crippen LogP contribution in [0.25, 0.3) is 0 Å². The van der Waals surface area contributed by atoms with E-state index in [-0.39, 0.29) is 17.2 Å². The quantitative estimate of drug-likeness (QED) is 0.113. The minimum Gasteiger partial charge on any atom is -0.411 e. The first-order valence-electron chi connectivity index (χ1n) is 18.8. The van der Waals surface area contributed by atoms with Crippen LogP contribution in [0.4, 0.5) is 0 Å². The van der Waals surface area contributed by atoms with Gasteiger partial charge >= 0.3 is 0 Å². The molecule has 0 radical (unpaired) electrons. The zero-order valence-corrected chi connectivity index (χ0v) is 30.3. The van der Waals surface area contributed by atoms with E-state index in [1.54, 1.807) is 0 Å². The summed E-state index contributed by atoms with van der Waals surface area (Å²) >= 11 is 2.01. The lowest BCUT2D eigenvalue weighted by molar-refractivity contribution is -0.130. The van der Waals surface area contributed by atoms with E-state index in [4.69, 9.17) is 0 Å². The fraction of sp³-hybridized carbons (Fsp3) is 0.921. The van der Waals surface area contributed by atoms with E-state index in [1.807, 2.05) is 23.7 Å². The van der Waals surface area contributed by atoms with Crippen LogP contribution < -0.4 is 5.32 Å². The molecule has 2 heterocycles. The van der Waals surface area contributed by atoms with Gasteiger partial charge in [0, 0.05) is 54.8 Å². The van der Waals surface area contributed by atoms with E-state index in [0.29, 0.717) is 41.4 Å². The van der Waals surface area contributed by atoms with Crippen LogP contribution in [-0.4, -0.2) is 58.3 Å². The molecule has 0 spiro atoms. The number of carbonyl (C=O) groups excluding carboxylic acids is 2. The second-order valence-corrected chi connectivity index (χ2v) is 18.3. The smallest absolute Gasteiger partial charge is 0.222 e. The fourth-order valence-electron chi connectivity index (χ4n) is 11.4. The number of nitrogens with zero attached hydrogens (tertiary/aromatic N) is 2. The first-order chi connectivity index (χ1) is 21.5. The normalized spacial score (nSPS) is 39.0. The summed E-state index contributed by atoms with van der Waals surface area (Å²) in [6, 6.07) is 0.374. The van der Waals surface area contributed by atoms with Gasteiger partial charge in [-0.1, -0.05) is 65.5 Å². The minimum atomic E-state index is -0.0723. The highest BCUT2D eigenvalue weighted by atomic mass is 32.2. The molecule has 5 fully saturated rings. The number of oxime groups is 1. The van der Waals surface area contributed by atoms with Crippen molar-refractivity contribution in [1.29, 1.82) is 0 Å². The number of thioether (sulfide) groups is 1. The fourth-order valence-corrected chi connectivity index (χ4v) is 13.0. The zero-order chi connectivity index (χ0) is 32.4. The van der Waals surface area contributed by atoms with Crippen molar-refractivity contribution in [2.24, 2.45) is 57.4 Å². The third-order valence-electron chi connectivity index (χ3n) is 13.9. The third kappa shape index (κ3) is 7.43. The number of hydrogen-bond donors (Lipinski definition) is 2. The maximum Gasteiger partial charge on any atom is 0.222 e. The number of carbonyl (C=O) groups is 2. The Morgan fingerprint density at radius 3 is 2.60 bits per heavy atom. The highest BCUT2D eigenvalue weighted by molar-refractivity contribution is 8.00. The maximum absolute atomic E-state index is 13.0. The molecule has 7 heteroatoms. The molecule has 2 aliphatic heterocycles. The van der Waals surface area contributed by atoms with Gasteiger partial charge in [0.15, 0.2) is 0 Å². The minimum absolute atomic E-state index is 0.0723. The summed E-state index contributed by atoms with van der Waals surface area (Å²) in [5.74, 6) is 6.60. The summed E-state index contributed by atoms with van der Waals surface area (Å²) in [5.41, 5.74) is 1.41. The molecule has 2 saturated heterocycles. The Morgan fingerprint density at radius 1 is 1.04 bits per heavy atom. The zero-order valence-electron chi connectivity index (χ0n) is 29.5. The van der Waals surface area contributed by atoms with Gasteiger partial charge in [-0.2, -0.15) is 11.8 Å². The number of amides is 2. The molecule has 3 saturated carbocycles. The molecule has 3 aliphatic carbocycles. The van der Waals surface area contributed by atoms with Crippen LogP contribution >= 0.6 is 11.8 Å². The first kappa shape index (κ1) is 35.1. The molecule has 2 N–H and O–H groups in total. The maximum atomic E-state index is 13.0. The Labute approximate surface area is 279 Å². The molecule has 0 aromatic rings. The lowest BCUT2D eigenvalue weighted by atomic mass is 9.47. The van der Waals surface area contributed by atoms with Crippen molar-refractivity contribution in [1.82, 2.24) is 10.2 Å². The molecular formula is C38H65N3O3S. The summed E-state index contributed by atoms with van der Waals surface area (Å²) in [6.07, 6.45) is 17.9. The Kier molecular flexibility index (Phi) is 11.6. The molecule has 0 bridgehead atoms. The summed E-state index contributed by atoms with van der Waals surface area (Å²) < 4.78 is 0. The van der Waals surface area contributed by atoms with Crippen LogP contribution in [0.3, 0.4) is 0 Å². The Bertz CT molecular complexity index is 1060. The van der Waals surface area contributed by atoms with Crippen LogP contribution in [0.5, 0.6) is 0 Å². The Hall–Kier alpha value is -1.24. The molecule has 2 amide bonds. The monoisotopic (exact) mass is 643 g/mol. The van der Waals surface area contributed by atoms with E-state index in [1.165, 1.54) is 51.4 Å². The van der Waals surface area contributed by atoms with Crippen molar-refractivity contribution in [3.05, 3.63) is 0 Å². The Morgan fingerprint density at radius 2 is 1.84 bits per heavy atom. The van der Waals surface area contributed by atoms with Gasteiger partial charge < -0.3 is 15.4 Å². The Balaban J connectivity index is 1.09. The second kappa shape index (κ2) is 14.9. The molecule has 5 aliphatic rings. The van der Waals surface area contributed by atoms with Crippen molar-refractivity contribution in [2.75, 3.05) is 19.3 Å². The van der Waals surface area contributed by atoms with E-state index >= 15 is 0 Å². The van der Waals surface area contributed by atoms with Gasteiger partial charge in [-0.15, -0.1) is 0 Å². The SMILES string of the molecule is CC(C)CCC[C@@H](C)[C@H]1CCC2C3CC/C(=N/O)[C@](C)(CCCN(C)C(=O)CCCC[C@@H]4SC[C@@H]5NC(=O)C[C@@H]54)C3CC[C@@]21C. The molecule has 10 atom stereocenters. The molecule has 0 aromatic carbocycles. The predicted molar refractivity (Wildman–Crippen MR) is 187 cm³/mol. The van der Waals surface area contributed by atoms with Crippen LogP contribution in [0.2, 0.25) is 0 Å². The summed E-state index contributed by atoms with van der Waals surface area (Å²) in [4.78, 5) is 26.7. The number of nitrogens with one attached hydrogen (secondary N) is 1. The van der Waals surface area contributed by atoms with Gasteiger partial charge in [0.25, 0.3) is 0 Å². The van der Waals surface area contributed by atoms with Crippen molar-refractivity contribution in [3.8, 4) is 0 Å². The topological polar surface area (TPSA) is 82.0 Å². The van der Waals surface area contributed by atoms with Crippen molar-refractivity contribution >= 4 is 29.3 Å². The highest BCUT2D eigenvalue weighted by Crippen LogP contribution is 2.66. The van der Waals surface area contributed by atoms with Crippen LogP contribution in [0, 0.1) is 52.3 Å². The van der Waals surface area contributed by atoms with Crippen molar-refractivity contribution < 1.29 is 14.8 Å². The largest absolute Gasteiger partial charge is 0.411 e. The molecule has 3 unspecified atom stereocenters. The van der Waals surface area contributed by atoms with Gasteiger partial charge in [-0.3, -0.25) is 9.59 Å². The van der Waals surface area contributed by atoms with Gasteiger partial charge in [0.05, 0.1) is 5.71 Å². The van der Waals surface area contributed by atoms with Gasteiger partial charge in [0.1, 0.15) is 0 Å². The predicted octanol–water partition coefficient (Wildman–Crippen LogP) is 8.56. The standard InChI is InChI=1S/C38H65N3O3S/c1-25(2)11-9-12-26(3)29-16-17-30-27-15-18-34(40-44)38(5,31(27)19-21-37(29,30)4)20-10-22-41(6)36(43)14-8-7-13-33-28-23-35(42)39-32(28)24-45-33/h25-33,44H,7-24H2,1-6H3,(H,39,42)/b40-34-/t26-,27?,28+,29-,30?,31?,32+,33+,37-,38-/m1/s1.